The van der Waals surface area contributed by atoms with E-state index in [0.29, 0.717) is 5.92 Å². The van der Waals surface area contributed by atoms with Gasteiger partial charge in [0.1, 0.15) is 0 Å². The number of nitrogens with one attached hydrogen (secondary N) is 1. The molecular weight excluding hydrogens is 234 g/mol. The maximum atomic E-state index is 5.87. The van der Waals surface area contributed by atoms with Crippen LogP contribution in [0.15, 0.2) is 24.3 Å². The van der Waals surface area contributed by atoms with Crippen LogP contribution in [0.3, 0.4) is 0 Å². The normalized spacial score (nSPS) is 12.6. The van der Waals surface area contributed by atoms with E-state index in [4.69, 9.17) is 16.3 Å². The zero-order chi connectivity index (χ0) is 12.5. The van der Waals surface area contributed by atoms with Gasteiger partial charge in [-0.15, -0.1) is 0 Å². The number of hydrogen-bond acceptors (Lipinski definition) is 2. The molecule has 17 heavy (non-hydrogen) atoms. The summed E-state index contributed by atoms with van der Waals surface area (Å²) in [5.74, 6) is 0.674. The summed E-state index contributed by atoms with van der Waals surface area (Å²) in [6.45, 7) is 4.98. The summed E-state index contributed by atoms with van der Waals surface area (Å²) in [6, 6.07) is 8.14. The molecule has 0 saturated carbocycles. The second-order valence-corrected chi connectivity index (χ2v) is 4.74. The molecule has 1 unspecified atom stereocenters. The highest BCUT2D eigenvalue weighted by Gasteiger charge is 2.06. The van der Waals surface area contributed by atoms with Crippen LogP contribution >= 0.6 is 11.6 Å². The zero-order valence-corrected chi connectivity index (χ0v) is 11.5. The smallest absolute Gasteiger partial charge is 0.0587 e. The average Bonchev–Trinajstić information content (AvgIpc) is 2.35. The van der Waals surface area contributed by atoms with Crippen LogP contribution in [0.1, 0.15) is 18.9 Å². The molecule has 1 rings (SSSR count). The molecule has 0 saturated heterocycles. The van der Waals surface area contributed by atoms with Crippen LogP contribution in [0.2, 0.25) is 5.02 Å². The van der Waals surface area contributed by atoms with Crippen LogP contribution in [0.25, 0.3) is 0 Å². The molecular formula is C14H22ClNO. The summed E-state index contributed by atoms with van der Waals surface area (Å²) in [5.41, 5.74) is 1.36. The SMILES string of the molecule is CCC(CNCCOC)Cc1ccc(Cl)cc1. The van der Waals surface area contributed by atoms with Crippen molar-refractivity contribution in [3.8, 4) is 0 Å². The molecule has 1 atom stereocenters. The highest BCUT2D eigenvalue weighted by atomic mass is 35.5. The molecule has 1 aromatic carbocycles. The molecule has 2 nitrogen and oxygen atoms in total. The molecule has 0 fully saturated rings. The first-order valence-corrected chi connectivity index (χ1v) is 6.58. The van der Waals surface area contributed by atoms with Gasteiger partial charge in [-0.05, 0) is 36.6 Å². The van der Waals surface area contributed by atoms with E-state index in [0.717, 1.165) is 31.1 Å². The molecule has 96 valence electrons. The first kappa shape index (κ1) is 14.5. The molecule has 0 amide bonds. The Labute approximate surface area is 109 Å². The molecule has 1 aromatic rings. The van der Waals surface area contributed by atoms with Gasteiger partial charge < -0.3 is 10.1 Å². The third-order valence-corrected chi connectivity index (χ3v) is 3.18. The van der Waals surface area contributed by atoms with Gasteiger partial charge >= 0.3 is 0 Å². The molecule has 0 aliphatic carbocycles. The predicted molar refractivity (Wildman–Crippen MR) is 73.7 cm³/mol. The zero-order valence-electron chi connectivity index (χ0n) is 10.7. The lowest BCUT2D eigenvalue weighted by Gasteiger charge is -2.15. The molecule has 0 aliphatic rings. The quantitative estimate of drug-likeness (QED) is 0.721. The van der Waals surface area contributed by atoms with Gasteiger partial charge in [-0.1, -0.05) is 37.1 Å². The van der Waals surface area contributed by atoms with Crippen molar-refractivity contribution in [2.45, 2.75) is 19.8 Å². The Hall–Kier alpha value is -0.570. The van der Waals surface area contributed by atoms with E-state index in [1.54, 1.807) is 7.11 Å². The molecule has 3 heteroatoms. The first-order valence-electron chi connectivity index (χ1n) is 6.20. The van der Waals surface area contributed by atoms with Crippen molar-refractivity contribution in [3.63, 3.8) is 0 Å². The summed E-state index contributed by atoms with van der Waals surface area (Å²) in [7, 11) is 1.73. The van der Waals surface area contributed by atoms with Gasteiger partial charge in [-0.2, -0.15) is 0 Å². The van der Waals surface area contributed by atoms with Crippen LogP contribution in [-0.2, 0) is 11.2 Å². The lowest BCUT2D eigenvalue weighted by Crippen LogP contribution is -2.26. The fourth-order valence-electron chi connectivity index (χ4n) is 1.80. The molecule has 0 radical (unpaired) electrons. The van der Waals surface area contributed by atoms with E-state index in [1.807, 2.05) is 12.1 Å². The molecule has 0 aliphatic heterocycles. The van der Waals surface area contributed by atoms with Gasteiger partial charge in [0.15, 0.2) is 0 Å². The van der Waals surface area contributed by atoms with Crippen molar-refractivity contribution in [2.24, 2.45) is 5.92 Å². The van der Waals surface area contributed by atoms with Crippen molar-refractivity contribution in [1.82, 2.24) is 5.32 Å². The van der Waals surface area contributed by atoms with Crippen LogP contribution in [0.5, 0.6) is 0 Å². The molecule has 0 bridgehead atoms. The van der Waals surface area contributed by atoms with Crippen molar-refractivity contribution < 1.29 is 4.74 Å². The second-order valence-electron chi connectivity index (χ2n) is 4.30. The van der Waals surface area contributed by atoms with Gasteiger partial charge in [0.2, 0.25) is 0 Å². The van der Waals surface area contributed by atoms with Gasteiger partial charge in [0.05, 0.1) is 6.61 Å². The number of hydrogen-bond donors (Lipinski definition) is 1. The van der Waals surface area contributed by atoms with Crippen molar-refractivity contribution in [1.29, 1.82) is 0 Å². The van der Waals surface area contributed by atoms with Crippen LogP contribution in [0.4, 0.5) is 0 Å². The number of halogens is 1. The van der Waals surface area contributed by atoms with E-state index >= 15 is 0 Å². The summed E-state index contributed by atoms with van der Waals surface area (Å²) < 4.78 is 5.01. The molecule has 0 aromatic heterocycles. The predicted octanol–water partition coefficient (Wildman–Crippen LogP) is 3.14. The molecule has 1 N–H and O–H groups in total. The fraction of sp³-hybridized carbons (Fsp3) is 0.571. The average molecular weight is 256 g/mol. The number of benzene rings is 1. The van der Waals surface area contributed by atoms with E-state index < -0.39 is 0 Å². The van der Waals surface area contributed by atoms with Gasteiger partial charge in [0.25, 0.3) is 0 Å². The van der Waals surface area contributed by atoms with Crippen LogP contribution in [-0.4, -0.2) is 26.8 Å². The Kier molecular flexibility index (Phi) is 7.25. The first-order chi connectivity index (χ1) is 8.26. The van der Waals surface area contributed by atoms with E-state index in [2.05, 4.69) is 24.4 Å². The van der Waals surface area contributed by atoms with Crippen molar-refractivity contribution in [3.05, 3.63) is 34.9 Å². The number of ether oxygens (including phenoxy) is 1. The Morgan fingerprint density at radius 3 is 2.59 bits per heavy atom. The third kappa shape index (κ3) is 6.06. The summed E-state index contributed by atoms with van der Waals surface area (Å²) in [6.07, 6.45) is 2.29. The Morgan fingerprint density at radius 2 is 2.00 bits per heavy atom. The Bertz CT molecular complexity index is 300. The van der Waals surface area contributed by atoms with E-state index in [-0.39, 0.29) is 0 Å². The third-order valence-electron chi connectivity index (χ3n) is 2.93. The standard InChI is InChI=1S/C14H22ClNO/c1-3-12(11-16-8-9-17-2)10-13-4-6-14(15)7-5-13/h4-7,12,16H,3,8-11H2,1-2H3. The Balaban J connectivity index is 2.33. The Morgan fingerprint density at radius 1 is 1.29 bits per heavy atom. The largest absolute Gasteiger partial charge is 0.383 e. The number of methoxy groups -OCH3 is 1. The van der Waals surface area contributed by atoms with E-state index in [9.17, 15) is 0 Å². The maximum absolute atomic E-state index is 5.87. The van der Waals surface area contributed by atoms with Crippen molar-refractivity contribution >= 4 is 11.6 Å². The minimum absolute atomic E-state index is 0.674. The fourth-order valence-corrected chi connectivity index (χ4v) is 1.92. The minimum atomic E-state index is 0.674. The van der Waals surface area contributed by atoms with Gasteiger partial charge in [-0.25, -0.2) is 0 Å². The highest BCUT2D eigenvalue weighted by molar-refractivity contribution is 6.30. The van der Waals surface area contributed by atoms with E-state index in [1.165, 1.54) is 12.0 Å². The van der Waals surface area contributed by atoms with Gasteiger partial charge in [-0.3, -0.25) is 0 Å². The lowest BCUT2D eigenvalue weighted by atomic mass is 9.97. The van der Waals surface area contributed by atoms with Crippen molar-refractivity contribution in [2.75, 3.05) is 26.8 Å². The molecule has 0 spiro atoms. The summed E-state index contributed by atoms with van der Waals surface area (Å²) in [5, 5.41) is 4.22. The molecule has 0 heterocycles. The topological polar surface area (TPSA) is 21.3 Å². The lowest BCUT2D eigenvalue weighted by molar-refractivity contribution is 0.197. The maximum Gasteiger partial charge on any atom is 0.0587 e. The van der Waals surface area contributed by atoms with Gasteiger partial charge in [0, 0.05) is 18.7 Å². The summed E-state index contributed by atoms with van der Waals surface area (Å²) in [4.78, 5) is 0. The van der Waals surface area contributed by atoms with Crippen LogP contribution in [0, 0.1) is 5.92 Å². The number of rotatable bonds is 8. The highest BCUT2D eigenvalue weighted by Crippen LogP contribution is 2.14. The summed E-state index contributed by atoms with van der Waals surface area (Å²) >= 11 is 5.87. The monoisotopic (exact) mass is 255 g/mol. The second kappa shape index (κ2) is 8.51. The van der Waals surface area contributed by atoms with Crippen LogP contribution < -0.4 is 5.32 Å². The minimum Gasteiger partial charge on any atom is -0.383 e.